The molecule has 1 rings (SSSR count). The van der Waals surface area contributed by atoms with Crippen LogP contribution in [0.15, 0.2) is 24.4 Å². The van der Waals surface area contributed by atoms with Crippen LogP contribution in [0, 0.1) is 0 Å². The van der Waals surface area contributed by atoms with Crippen molar-refractivity contribution >= 4 is 29.4 Å². The lowest BCUT2D eigenvalue weighted by molar-refractivity contribution is -0.154. The van der Waals surface area contributed by atoms with Gasteiger partial charge in [0.2, 0.25) is 5.91 Å². The molecule has 1 unspecified atom stereocenters. The Balaban J connectivity index is 2.22. The highest BCUT2D eigenvalue weighted by atomic mass is 16.4. The number of unbranched alkanes of at least 4 members (excludes halogenated alkanes) is 6. The minimum atomic E-state index is -1.90. The Labute approximate surface area is 244 Å². The first kappa shape index (κ1) is 36.1. The van der Waals surface area contributed by atoms with E-state index in [9.17, 15) is 19.2 Å². The number of aliphatic carboxylic acids is 1. The summed E-state index contributed by atoms with van der Waals surface area (Å²) >= 11 is 0. The van der Waals surface area contributed by atoms with Crippen molar-refractivity contribution in [3.63, 3.8) is 0 Å². The van der Waals surface area contributed by atoms with Gasteiger partial charge >= 0.3 is 17.7 Å². The summed E-state index contributed by atoms with van der Waals surface area (Å²) in [4.78, 5) is 50.6. The molecule has 0 bridgehead atoms. The van der Waals surface area contributed by atoms with Crippen molar-refractivity contribution in [3.8, 4) is 0 Å². The van der Waals surface area contributed by atoms with Crippen LogP contribution >= 0.6 is 0 Å². The lowest BCUT2D eigenvalue weighted by Gasteiger charge is -2.18. The van der Waals surface area contributed by atoms with Gasteiger partial charge in [-0.1, -0.05) is 32.3 Å². The molecule has 0 saturated carbocycles. The molecule has 0 aliphatic heterocycles. The highest BCUT2D eigenvalue weighted by Crippen LogP contribution is 2.02. The molecule has 7 N–H and O–H groups in total. The molecule has 0 saturated heterocycles. The third kappa shape index (κ3) is 19.7. The summed E-state index contributed by atoms with van der Waals surface area (Å²) in [6, 6.07) is 4.91. The van der Waals surface area contributed by atoms with Crippen LogP contribution in [0.4, 0.5) is 5.82 Å². The third-order valence-corrected chi connectivity index (χ3v) is 6.36. The molecule has 2 amide bonds. The molecule has 41 heavy (non-hydrogen) atoms. The van der Waals surface area contributed by atoms with Crippen LogP contribution in [0.1, 0.15) is 71.1 Å². The van der Waals surface area contributed by atoms with Gasteiger partial charge in [-0.05, 0) is 96.3 Å². The number of aromatic nitrogens is 1. The van der Waals surface area contributed by atoms with Crippen molar-refractivity contribution in [2.75, 3.05) is 57.7 Å². The second-order valence-corrected chi connectivity index (χ2v) is 9.99. The maximum atomic E-state index is 12.6. The molecule has 1 atom stereocenters. The normalized spacial score (nSPS) is 11.6. The van der Waals surface area contributed by atoms with E-state index in [1.807, 2.05) is 23.5 Å². The minimum Gasteiger partial charge on any atom is -0.475 e. The van der Waals surface area contributed by atoms with Crippen molar-refractivity contribution < 1.29 is 24.3 Å². The fraction of sp³-hybridized carbons (Fsp3) is 0.690. The Morgan fingerprint density at radius 1 is 0.756 bits per heavy atom. The number of rotatable bonds is 27. The van der Waals surface area contributed by atoms with Gasteiger partial charge in [0.15, 0.2) is 0 Å². The Morgan fingerprint density at radius 3 is 1.93 bits per heavy atom. The number of nitrogens with zero attached hydrogens (tertiary/aromatic N) is 1. The number of pyridine rings is 1. The van der Waals surface area contributed by atoms with Crippen molar-refractivity contribution in [3.05, 3.63) is 24.4 Å². The van der Waals surface area contributed by atoms with Gasteiger partial charge in [0.25, 0.3) is 0 Å². The lowest BCUT2D eigenvalue weighted by atomic mass is 10.2. The second kappa shape index (κ2) is 24.8. The van der Waals surface area contributed by atoms with E-state index in [1.165, 1.54) is 25.7 Å². The summed E-state index contributed by atoms with van der Waals surface area (Å²) in [7, 11) is 0. The van der Waals surface area contributed by atoms with Crippen molar-refractivity contribution in [1.82, 2.24) is 31.6 Å². The standard InChI is InChI=1S/C29H51N7O5/c1-2-15-30-16-7-3-8-17-31-18-9-4-10-19-32-23-24(27(38)36-28(39)26(37)29(40)41)33-20-11-5-12-21-34-25-14-6-13-22-35-25/h6,13-14,22,24,30-33H,2-5,7-12,15-21,23H2,1H3,(H,34,35)(H,40,41)(H,36,38,39). The number of nitrogens with one attached hydrogen (secondary N) is 6. The first-order chi connectivity index (χ1) is 20.0. The summed E-state index contributed by atoms with van der Waals surface area (Å²) in [6.07, 6.45) is 12.2. The number of hydrogen-bond donors (Lipinski definition) is 7. The molecule has 0 aliphatic rings. The van der Waals surface area contributed by atoms with Gasteiger partial charge in [-0.15, -0.1) is 0 Å². The van der Waals surface area contributed by atoms with Crippen LogP contribution in [-0.2, 0) is 19.2 Å². The van der Waals surface area contributed by atoms with E-state index in [4.69, 9.17) is 5.11 Å². The minimum absolute atomic E-state index is 0.257. The fourth-order valence-electron chi connectivity index (χ4n) is 4.02. The molecule has 0 spiro atoms. The number of ketones is 1. The monoisotopic (exact) mass is 577 g/mol. The molecule has 1 heterocycles. The fourth-order valence-corrected chi connectivity index (χ4v) is 4.02. The molecule has 1 aromatic heterocycles. The summed E-state index contributed by atoms with van der Waals surface area (Å²) in [6.45, 7) is 8.67. The Morgan fingerprint density at radius 2 is 1.34 bits per heavy atom. The van der Waals surface area contributed by atoms with Gasteiger partial charge in [-0.25, -0.2) is 9.78 Å². The SMILES string of the molecule is CCCNCCCCCNCCCCCNCC(NCCCCCNc1ccccn1)C(=O)NC(=O)C(=O)C(=O)O. The van der Waals surface area contributed by atoms with E-state index in [1.54, 1.807) is 6.20 Å². The molecule has 0 radical (unpaired) electrons. The average molecular weight is 578 g/mol. The Bertz CT molecular complexity index is 857. The Kier molecular flexibility index (Phi) is 21.9. The number of anilines is 1. The predicted octanol–water partition coefficient (Wildman–Crippen LogP) is 1.44. The van der Waals surface area contributed by atoms with Gasteiger partial charge in [0, 0.05) is 19.3 Å². The molecular weight excluding hydrogens is 526 g/mol. The highest BCUT2D eigenvalue weighted by molar-refractivity contribution is 6.62. The molecule has 1 aromatic rings. The lowest BCUT2D eigenvalue weighted by Crippen LogP contribution is -2.53. The first-order valence-electron chi connectivity index (χ1n) is 15.1. The number of carbonyl (C=O) groups is 4. The van der Waals surface area contributed by atoms with Crippen molar-refractivity contribution in [1.29, 1.82) is 0 Å². The largest absolute Gasteiger partial charge is 0.475 e. The molecule has 12 nitrogen and oxygen atoms in total. The number of carboxylic acids is 1. The number of Topliss-reactive ketones (excluding diaryl/α,β-unsaturated/α-hetero) is 1. The molecule has 0 aromatic carbocycles. The average Bonchev–Trinajstić information content (AvgIpc) is 2.97. The highest BCUT2D eigenvalue weighted by Gasteiger charge is 2.27. The van der Waals surface area contributed by atoms with Gasteiger partial charge in [0.1, 0.15) is 5.82 Å². The van der Waals surface area contributed by atoms with Crippen molar-refractivity contribution in [2.24, 2.45) is 0 Å². The zero-order valence-electron chi connectivity index (χ0n) is 24.6. The van der Waals surface area contributed by atoms with Crippen molar-refractivity contribution in [2.45, 2.75) is 77.2 Å². The zero-order valence-corrected chi connectivity index (χ0v) is 24.6. The van der Waals surface area contributed by atoms with E-state index in [-0.39, 0.29) is 6.54 Å². The topological polar surface area (TPSA) is 174 Å². The van der Waals surface area contributed by atoms with E-state index >= 15 is 0 Å². The molecular formula is C29H51N7O5. The van der Waals surface area contributed by atoms with E-state index < -0.39 is 29.6 Å². The third-order valence-electron chi connectivity index (χ3n) is 6.36. The maximum absolute atomic E-state index is 12.6. The van der Waals surface area contributed by atoms with Crippen LogP contribution in [0.2, 0.25) is 0 Å². The number of carbonyl (C=O) groups excluding carboxylic acids is 3. The second-order valence-electron chi connectivity index (χ2n) is 9.99. The Hall–Kier alpha value is -2.93. The maximum Gasteiger partial charge on any atom is 0.382 e. The smallest absolute Gasteiger partial charge is 0.382 e. The summed E-state index contributed by atoms with van der Waals surface area (Å²) in [5.74, 6) is -4.89. The van der Waals surface area contributed by atoms with Gasteiger partial charge in [0.05, 0.1) is 6.04 Å². The van der Waals surface area contributed by atoms with Crippen LogP contribution in [0.25, 0.3) is 0 Å². The van der Waals surface area contributed by atoms with E-state index in [0.29, 0.717) is 13.1 Å². The number of amides is 2. The number of imide groups is 1. The predicted molar refractivity (Wildman–Crippen MR) is 161 cm³/mol. The van der Waals surface area contributed by atoms with Crippen LogP contribution in [0.5, 0.6) is 0 Å². The summed E-state index contributed by atoms with van der Waals surface area (Å²) < 4.78 is 0. The molecule has 232 valence electrons. The molecule has 12 heteroatoms. The molecule has 0 fully saturated rings. The van der Waals surface area contributed by atoms with E-state index in [2.05, 4.69) is 38.5 Å². The summed E-state index contributed by atoms with van der Waals surface area (Å²) in [5, 5.41) is 27.1. The van der Waals surface area contributed by atoms with Crippen LogP contribution in [-0.4, -0.2) is 92.1 Å². The quantitative estimate of drug-likeness (QED) is 0.0458. The van der Waals surface area contributed by atoms with Crippen LogP contribution < -0.4 is 31.9 Å². The van der Waals surface area contributed by atoms with Gasteiger partial charge in [-0.2, -0.15) is 0 Å². The molecule has 0 aliphatic carbocycles. The number of carboxylic acid groups (broad SMARTS) is 1. The summed E-state index contributed by atoms with van der Waals surface area (Å²) in [5.41, 5.74) is 0. The van der Waals surface area contributed by atoms with Crippen LogP contribution in [0.3, 0.4) is 0 Å². The van der Waals surface area contributed by atoms with Gasteiger partial charge < -0.3 is 31.7 Å². The first-order valence-corrected chi connectivity index (χ1v) is 15.1. The zero-order chi connectivity index (χ0) is 30.0. The van der Waals surface area contributed by atoms with E-state index in [0.717, 1.165) is 77.1 Å². The van der Waals surface area contributed by atoms with Gasteiger partial charge in [-0.3, -0.25) is 19.7 Å². The number of hydrogen-bond acceptors (Lipinski definition) is 10.